The predicted octanol–water partition coefficient (Wildman–Crippen LogP) is 2.52. The molecule has 22 heavy (non-hydrogen) atoms. The third-order valence-corrected chi connectivity index (χ3v) is 3.76. The van der Waals surface area contributed by atoms with Crippen LogP contribution in [-0.2, 0) is 6.54 Å². The van der Waals surface area contributed by atoms with Crippen molar-refractivity contribution < 1.29 is 4.79 Å². The number of nitrogens with one attached hydrogen (secondary N) is 1. The average molecular weight is 364 g/mol. The van der Waals surface area contributed by atoms with Crippen molar-refractivity contribution in [3.8, 4) is 0 Å². The number of carbonyl (C=O) groups excluding carboxylic acids is 1. The summed E-state index contributed by atoms with van der Waals surface area (Å²) in [5.74, 6) is -0.137. The summed E-state index contributed by atoms with van der Waals surface area (Å²) in [6.07, 6.45) is 4.82. The Labute approximate surface area is 137 Å². The maximum Gasteiger partial charge on any atom is 0.252 e. The smallest absolute Gasteiger partial charge is 0.252 e. The van der Waals surface area contributed by atoms with Gasteiger partial charge < -0.3 is 9.88 Å². The van der Waals surface area contributed by atoms with Gasteiger partial charge in [0.15, 0.2) is 0 Å². The minimum atomic E-state index is -0.137. The van der Waals surface area contributed by atoms with Gasteiger partial charge in [0.25, 0.3) is 11.5 Å². The molecule has 0 spiro atoms. The fourth-order valence-electron chi connectivity index (χ4n) is 2.14. The fraction of sp³-hybridized carbons (Fsp3) is 0.312. The van der Waals surface area contributed by atoms with Gasteiger partial charge in [-0.05, 0) is 47.8 Å². The van der Waals surface area contributed by atoms with E-state index in [0.717, 1.165) is 23.0 Å². The van der Waals surface area contributed by atoms with Gasteiger partial charge >= 0.3 is 0 Å². The van der Waals surface area contributed by atoms with E-state index in [1.165, 1.54) is 6.20 Å². The molecule has 6 heteroatoms. The van der Waals surface area contributed by atoms with Gasteiger partial charge in [0.05, 0.1) is 5.56 Å². The second-order valence-electron chi connectivity index (χ2n) is 5.01. The number of rotatable bonds is 6. The second kappa shape index (κ2) is 7.89. The number of unbranched alkanes of at least 4 members (excludes halogenated alkanes) is 1. The maximum atomic E-state index is 11.9. The zero-order valence-electron chi connectivity index (χ0n) is 12.4. The van der Waals surface area contributed by atoms with Crippen molar-refractivity contribution in [2.75, 3.05) is 6.54 Å². The Morgan fingerprint density at radius 1 is 1.32 bits per heavy atom. The van der Waals surface area contributed by atoms with Gasteiger partial charge in [0.2, 0.25) is 0 Å². The van der Waals surface area contributed by atoms with E-state index in [9.17, 15) is 9.59 Å². The number of amides is 1. The van der Waals surface area contributed by atoms with Crippen LogP contribution in [0.5, 0.6) is 0 Å². The van der Waals surface area contributed by atoms with Crippen molar-refractivity contribution in [1.82, 2.24) is 14.9 Å². The lowest BCUT2D eigenvalue weighted by atomic mass is 10.2. The highest BCUT2D eigenvalue weighted by Crippen LogP contribution is 2.09. The maximum absolute atomic E-state index is 11.9. The van der Waals surface area contributed by atoms with Crippen molar-refractivity contribution in [1.29, 1.82) is 0 Å². The molecule has 0 aliphatic carbocycles. The van der Waals surface area contributed by atoms with Gasteiger partial charge in [-0.25, -0.2) is 0 Å². The first-order valence-electron chi connectivity index (χ1n) is 7.13. The van der Waals surface area contributed by atoms with Crippen LogP contribution in [0.2, 0.25) is 0 Å². The van der Waals surface area contributed by atoms with E-state index in [-0.39, 0.29) is 11.5 Å². The molecule has 0 fully saturated rings. The van der Waals surface area contributed by atoms with Crippen LogP contribution < -0.4 is 10.9 Å². The van der Waals surface area contributed by atoms with Crippen molar-refractivity contribution in [3.05, 3.63) is 62.7 Å². The Hall–Kier alpha value is -1.95. The summed E-state index contributed by atoms with van der Waals surface area (Å²) in [4.78, 5) is 27.6. The third-order valence-electron chi connectivity index (χ3n) is 3.33. The fourth-order valence-corrected chi connectivity index (χ4v) is 2.51. The number of nitrogens with zero attached hydrogens (tertiary/aromatic N) is 2. The molecule has 0 saturated carbocycles. The number of pyridine rings is 2. The number of aryl methyl sites for hydroxylation is 1. The van der Waals surface area contributed by atoms with Gasteiger partial charge in [-0.15, -0.1) is 0 Å². The Balaban J connectivity index is 1.76. The molecular formula is C16H18BrN3O2. The van der Waals surface area contributed by atoms with E-state index in [2.05, 4.69) is 26.2 Å². The summed E-state index contributed by atoms with van der Waals surface area (Å²) >= 11 is 3.29. The molecule has 0 aliphatic rings. The van der Waals surface area contributed by atoms with Gasteiger partial charge in [-0.2, -0.15) is 0 Å². The SMILES string of the molecule is Cc1cccc(=O)n1CCCCNC(=O)c1cncc(Br)c1. The number of hydrogen-bond donors (Lipinski definition) is 1. The van der Waals surface area contributed by atoms with Crippen LogP contribution in [-0.4, -0.2) is 22.0 Å². The van der Waals surface area contributed by atoms with Crippen LogP contribution in [0.4, 0.5) is 0 Å². The Kier molecular flexibility index (Phi) is 5.89. The van der Waals surface area contributed by atoms with Crippen LogP contribution >= 0.6 is 15.9 Å². The standard InChI is InChI=1S/C16H18BrN3O2/c1-12-5-4-6-15(21)20(12)8-3-2-7-19-16(22)13-9-14(17)11-18-10-13/h4-6,9-11H,2-3,7-8H2,1H3,(H,19,22). The molecule has 0 bridgehead atoms. The van der Waals surface area contributed by atoms with Crippen LogP contribution in [0.25, 0.3) is 0 Å². The summed E-state index contributed by atoms with van der Waals surface area (Å²) in [5.41, 5.74) is 1.51. The molecule has 116 valence electrons. The average Bonchev–Trinajstić information content (AvgIpc) is 2.49. The van der Waals surface area contributed by atoms with Crippen molar-refractivity contribution in [2.45, 2.75) is 26.3 Å². The minimum Gasteiger partial charge on any atom is -0.352 e. The van der Waals surface area contributed by atoms with Gasteiger partial charge in [0, 0.05) is 41.7 Å². The molecule has 0 saturated heterocycles. The molecule has 0 aliphatic heterocycles. The van der Waals surface area contributed by atoms with Gasteiger partial charge in [-0.3, -0.25) is 14.6 Å². The number of carbonyl (C=O) groups is 1. The van der Waals surface area contributed by atoms with E-state index in [1.54, 1.807) is 29.0 Å². The molecule has 5 nitrogen and oxygen atoms in total. The molecule has 0 aromatic carbocycles. The highest BCUT2D eigenvalue weighted by Gasteiger charge is 2.05. The van der Waals surface area contributed by atoms with Gasteiger partial charge in [0.1, 0.15) is 0 Å². The monoisotopic (exact) mass is 363 g/mol. The van der Waals surface area contributed by atoms with E-state index in [4.69, 9.17) is 0 Å². The molecule has 1 amide bonds. The first kappa shape index (κ1) is 16.4. The minimum absolute atomic E-state index is 0.0178. The van der Waals surface area contributed by atoms with E-state index in [1.807, 2.05) is 13.0 Å². The number of halogens is 1. The Morgan fingerprint density at radius 2 is 2.14 bits per heavy atom. The summed E-state index contributed by atoms with van der Waals surface area (Å²) in [6.45, 7) is 3.16. The predicted molar refractivity (Wildman–Crippen MR) is 88.9 cm³/mol. The van der Waals surface area contributed by atoms with Crippen LogP contribution in [0.1, 0.15) is 28.9 Å². The molecule has 2 heterocycles. The summed E-state index contributed by atoms with van der Waals surface area (Å²) in [5, 5.41) is 2.85. The lowest BCUT2D eigenvalue weighted by Crippen LogP contribution is -2.25. The third kappa shape index (κ3) is 4.53. The molecule has 1 N–H and O–H groups in total. The van der Waals surface area contributed by atoms with Gasteiger partial charge in [-0.1, -0.05) is 6.07 Å². The van der Waals surface area contributed by atoms with E-state index < -0.39 is 0 Å². The highest BCUT2D eigenvalue weighted by atomic mass is 79.9. The largest absolute Gasteiger partial charge is 0.352 e. The first-order valence-corrected chi connectivity index (χ1v) is 7.92. The molecule has 0 unspecified atom stereocenters. The summed E-state index contributed by atoms with van der Waals surface area (Å²) in [6, 6.07) is 6.98. The number of aromatic nitrogens is 2. The molecule has 2 aromatic heterocycles. The van der Waals surface area contributed by atoms with Crippen molar-refractivity contribution in [2.24, 2.45) is 0 Å². The molecule has 2 rings (SSSR count). The lowest BCUT2D eigenvalue weighted by Gasteiger charge is -2.09. The molecule has 2 aromatic rings. The first-order chi connectivity index (χ1) is 10.6. The van der Waals surface area contributed by atoms with Crippen LogP contribution in [0.15, 0.2) is 45.9 Å². The second-order valence-corrected chi connectivity index (χ2v) is 5.93. The zero-order valence-corrected chi connectivity index (χ0v) is 14.0. The molecular weight excluding hydrogens is 346 g/mol. The number of hydrogen-bond acceptors (Lipinski definition) is 3. The topological polar surface area (TPSA) is 64.0 Å². The van der Waals surface area contributed by atoms with Crippen LogP contribution in [0.3, 0.4) is 0 Å². The zero-order chi connectivity index (χ0) is 15.9. The Morgan fingerprint density at radius 3 is 2.86 bits per heavy atom. The lowest BCUT2D eigenvalue weighted by molar-refractivity contribution is 0.0952. The van der Waals surface area contributed by atoms with Crippen LogP contribution in [0, 0.1) is 6.92 Å². The highest BCUT2D eigenvalue weighted by molar-refractivity contribution is 9.10. The van der Waals surface area contributed by atoms with E-state index in [0.29, 0.717) is 18.7 Å². The van der Waals surface area contributed by atoms with Crippen molar-refractivity contribution in [3.63, 3.8) is 0 Å². The van der Waals surface area contributed by atoms with Crippen molar-refractivity contribution >= 4 is 21.8 Å². The quantitative estimate of drug-likeness (QED) is 0.802. The molecule has 0 radical (unpaired) electrons. The summed E-state index contributed by atoms with van der Waals surface area (Å²) in [7, 11) is 0. The normalized spacial score (nSPS) is 10.5. The summed E-state index contributed by atoms with van der Waals surface area (Å²) < 4.78 is 2.53. The Bertz CT molecular complexity index is 713. The molecule has 0 atom stereocenters. The van der Waals surface area contributed by atoms with E-state index >= 15 is 0 Å².